The fourth-order valence-electron chi connectivity index (χ4n) is 3.89. The van der Waals surface area contributed by atoms with Gasteiger partial charge >= 0.3 is 5.97 Å². The second kappa shape index (κ2) is 2.74. The molecule has 2 nitrogen and oxygen atoms in total. The molecule has 0 aromatic carbocycles. The summed E-state index contributed by atoms with van der Waals surface area (Å²) in [4.78, 5) is 10.8. The largest absolute Gasteiger partial charge is 0.481 e. The molecule has 0 radical (unpaired) electrons. The van der Waals surface area contributed by atoms with Crippen LogP contribution in [0.25, 0.3) is 0 Å². The molecule has 3 atom stereocenters. The van der Waals surface area contributed by atoms with Crippen LogP contribution in [-0.4, -0.2) is 11.1 Å². The van der Waals surface area contributed by atoms with Gasteiger partial charge in [-0.2, -0.15) is 0 Å². The molecular formula is C12H20O2. The van der Waals surface area contributed by atoms with Gasteiger partial charge < -0.3 is 5.11 Å². The molecule has 0 spiro atoms. The predicted molar refractivity (Wildman–Crippen MR) is 55.0 cm³/mol. The van der Waals surface area contributed by atoms with Gasteiger partial charge in [0.05, 0.1) is 0 Å². The van der Waals surface area contributed by atoms with E-state index < -0.39 is 5.97 Å². The van der Waals surface area contributed by atoms with Gasteiger partial charge in [0.2, 0.25) is 0 Å². The van der Waals surface area contributed by atoms with E-state index in [1.54, 1.807) is 0 Å². The van der Waals surface area contributed by atoms with E-state index in [0.717, 1.165) is 12.3 Å². The van der Waals surface area contributed by atoms with E-state index in [1.165, 1.54) is 12.8 Å². The minimum Gasteiger partial charge on any atom is -0.481 e. The van der Waals surface area contributed by atoms with Crippen molar-refractivity contribution in [3.8, 4) is 0 Å². The minimum absolute atomic E-state index is 0.274. The number of rotatable bonds is 2. The van der Waals surface area contributed by atoms with Crippen LogP contribution in [0.5, 0.6) is 0 Å². The predicted octanol–water partition coefficient (Wildman–Crippen LogP) is 2.92. The maximum absolute atomic E-state index is 10.8. The molecule has 0 aliphatic heterocycles. The summed E-state index contributed by atoms with van der Waals surface area (Å²) in [5.74, 6) is 0.546. The molecule has 2 rings (SSSR count). The Morgan fingerprint density at radius 1 is 1.43 bits per heavy atom. The molecule has 0 amide bonds. The molecular weight excluding hydrogens is 176 g/mol. The van der Waals surface area contributed by atoms with Gasteiger partial charge in [0.1, 0.15) is 0 Å². The third-order valence-corrected chi connectivity index (χ3v) is 5.40. The lowest BCUT2D eigenvalue weighted by Gasteiger charge is -2.38. The second-order valence-electron chi connectivity index (χ2n) is 5.91. The first-order valence-corrected chi connectivity index (χ1v) is 5.60. The van der Waals surface area contributed by atoms with Gasteiger partial charge in [0, 0.05) is 6.42 Å². The third kappa shape index (κ3) is 1.06. The van der Waals surface area contributed by atoms with Gasteiger partial charge in [-0.05, 0) is 41.9 Å². The summed E-state index contributed by atoms with van der Waals surface area (Å²) in [5.41, 5.74) is 0.628. The van der Waals surface area contributed by atoms with Crippen LogP contribution in [0.15, 0.2) is 0 Å². The van der Waals surface area contributed by atoms with Gasteiger partial charge in [0.25, 0.3) is 0 Å². The molecule has 2 saturated carbocycles. The van der Waals surface area contributed by atoms with Gasteiger partial charge in [0.15, 0.2) is 0 Å². The molecule has 1 N–H and O–H groups in total. The van der Waals surface area contributed by atoms with Crippen LogP contribution < -0.4 is 0 Å². The summed E-state index contributed by atoms with van der Waals surface area (Å²) >= 11 is 0. The van der Waals surface area contributed by atoms with Crippen LogP contribution in [0.3, 0.4) is 0 Å². The van der Waals surface area contributed by atoms with Gasteiger partial charge in [-0.1, -0.05) is 20.8 Å². The number of hydrogen-bond acceptors (Lipinski definition) is 1. The van der Waals surface area contributed by atoms with Crippen molar-refractivity contribution in [3.63, 3.8) is 0 Å². The van der Waals surface area contributed by atoms with E-state index in [9.17, 15) is 4.79 Å². The summed E-state index contributed by atoms with van der Waals surface area (Å²) in [6.07, 6.45) is 4.04. The highest BCUT2D eigenvalue weighted by atomic mass is 16.4. The standard InChI is InChI=1S/C12H20O2/c1-11(2)8-4-5-12(11,3)9(6-8)7-10(13)14/h8-9H,4-7H2,1-3H3,(H,13,14)/t8-,9-,12?/m0/s1. The molecule has 1 unspecified atom stereocenters. The Bertz CT molecular complexity index is 269. The first-order valence-electron chi connectivity index (χ1n) is 5.60. The lowest BCUT2D eigenvalue weighted by Crippen LogP contribution is -2.33. The van der Waals surface area contributed by atoms with Crippen LogP contribution >= 0.6 is 0 Å². The summed E-state index contributed by atoms with van der Waals surface area (Å²) in [6, 6.07) is 0. The Morgan fingerprint density at radius 3 is 2.43 bits per heavy atom. The zero-order chi connectivity index (χ0) is 10.6. The first kappa shape index (κ1) is 10.0. The van der Waals surface area contributed by atoms with Gasteiger partial charge in [-0.25, -0.2) is 0 Å². The monoisotopic (exact) mass is 196 g/mol. The Labute approximate surface area is 85.7 Å². The highest BCUT2D eigenvalue weighted by Crippen LogP contribution is 2.68. The molecule has 0 saturated heterocycles. The molecule has 80 valence electrons. The van der Waals surface area contributed by atoms with Crippen LogP contribution in [-0.2, 0) is 4.79 Å². The number of fused-ring (bicyclic) bond motifs is 2. The number of carboxylic acid groups (broad SMARTS) is 1. The molecule has 2 fully saturated rings. The molecule has 0 aromatic rings. The van der Waals surface area contributed by atoms with Crippen molar-refractivity contribution in [2.45, 2.75) is 46.5 Å². The molecule has 14 heavy (non-hydrogen) atoms. The average molecular weight is 196 g/mol. The zero-order valence-electron chi connectivity index (χ0n) is 9.34. The van der Waals surface area contributed by atoms with Crippen molar-refractivity contribution in [2.24, 2.45) is 22.7 Å². The average Bonchev–Trinajstić information content (AvgIpc) is 2.35. The molecule has 2 aliphatic carbocycles. The van der Waals surface area contributed by atoms with E-state index in [0.29, 0.717) is 17.8 Å². The zero-order valence-corrected chi connectivity index (χ0v) is 9.34. The van der Waals surface area contributed by atoms with E-state index in [-0.39, 0.29) is 5.41 Å². The Hall–Kier alpha value is -0.530. The van der Waals surface area contributed by atoms with E-state index in [1.807, 2.05) is 0 Å². The lowest BCUT2D eigenvalue weighted by atomic mass is 9.66. The fourth-order valence-corrected chi connectivity index (χ4v) is 3.89. The Morgan fingerprint density at radius 2 is 2.07 bits per heavy atom. The van der Waals surface area contributed by atoms with Crippen molar-refractivity contribution in [3.05, 3.63) is 0 Å². The number of carbonyl (C=O) groups is 1. The molecule has 2 heteroatoms. The maximum atomic E-state index is 10.8. The normalized spacial score (nSPS) is 44.2. The number of hydrogen-bond donors (Lipinski definition) is 1. The van der Waals surface area contributed by atoms with Gasteiger partial charge in [-0.3, -0.25) is 4.79 Å². The molecule has 0 heterocycles. The smallest absolute Gasteiger partial charge is 0.303 e. The van der Waals surface area contributed by atoms with Crippen molar-refractivity contribution < 1.29 is 9.90 Å². The van der Waals surface area contributed by atoms with Crippen molar-refractivity contribution >= 4 is 5.97 Å². The highest BCUT2D eigenvalue weighted by Gasteiger charge is 2.61. The molecule has 2 bridgehead atoms. The fraction of sp³-hybridized carbons (Fsp3) is 0.917. The molecule has 2 aliphatic rings. The Kier molecular flexibility index (Phi) is 1.96. The lowest BCUT2D eigenvalue weighted by molar-refractivity contribution is -0.139. The summed E-state index contributed by atoms with van der Waals surface area (Å²) in [5, 5.41) is 8.89. The van der Waals surface area contributed by atoms with Crippen LogP contribution in [0.1, 0.15) is 46.5 Å². The van der Waals surface area contributed by atoms with Crippen LogP contribution in [0.4, 0.5) is 0 Å². The molecule has 0 aromatic heterocycles. The van der Waals surface area contributed by atoms with Crippen molar-refractivity contribution in [2.75, 3.05) is 0 Å². The third-order valence-electron chi connectivity index (χ3n) is 5.40. The van der Waals surface area contributed by atoms with E-state index >= 15 is 0 Å². The minimum atomic E-state index is -0.625. The van der Waals surface area contributed by atoms with Crippen LogP contribution in [0.2, 0.25) is 0 Å². The van der Waals surface area contributed by atoms with Crippen molar-refractivity contribution in [1.82, 2.24) is 0 Å². The van der Waals surface area contributed by atoms with E-state index in [2.05, 4.69) is 20.8 Å². The van der Waals surface area contributed by atoms with Crippen LogP contribution in [0, 0.1) is 22.7 Å². The SMILES string of the molecule is CC1(C)[C@H]2CCC1(C)[C@H](CC(=O)O)C2. The second-order valence-corrected chi connectivity index (χ2v) is 5.91. The first-order chi connectivity index (χ1) is 6.38. The summed E-state index contributed by atoms with van der Waals surface area (Å²) < 4.78 is 0. The van der Waals surface area contributed by atoms with Gasteiger partial charge in [-0.15, -0.1) is 0 Å². The van der Waals surface area contributed by atoms with Crippen molar-refractivity contribution in [1.29, 1.82) is 0 Å². The number of aliphatic carboxylic acids is 1. The van der Waals surface area contributed by atoms with E-state index in [4.69, 9.17) is 5.11 Å². The highest BCUT2D eigenvalue weighted by molar-refractivity contribution is 5.67. The number of carboxylic acids is 1. The Balaban J connectivity index is 2.23. The quantitative estimate of drug-likeness (QED) is 0.737. The topological polar surface area (TPSA) is 37.3 Å². The summed E-state index contributed by atoms with van der Waals surface area (Å²) in [7, 11) is 0. The maximum Gasteiger partial charge on any atom is 0.303 e. The summed E-state index contributed by atoms with van der Waals surface area (Å²) in [6.45, 7) is 6.95.